The van der Waals surface area contributed by atoms with E-state index in [1.165, 1.54) is 14.2 Å². The van der Waals surface area contributed by atoms with Crippen molar-refractivity contribution in [2.75, 3.05) is 19.1 Å². The highest BCUT2D eigenvalue weighted by Gasteiger charge is 2.41. The third-order valence-corrected chi connectivity index (χ3v) is 7.29. The fourth-order valence-corrected chi connectivity index (χ4v) is 5.01. The molecule has 0 radical (unpaired) electrons. The molecule has 0 saturated carbocycles. The zero-order chi connectivity index (χ0) is 21.0. The van der Waals surface area contributed by atoms with Crippen molar-refractivity contribution in [3.8, 4) is 0 Å². The summed E-state index contributed by atoms with van der Waals surface area (Å²) in [6, 6.07) is 22.4. The number of halogens is 2. The Morgan fingerprint density at radius 2 is 1.17 bits per heavy atom. The predicted octanol–water partition coefficient (Wildman–Crippen LogP) is 7.62. The monoisotopic (exact) mass is 449 g/mol. The number of hydrogen-bond donors (Lipinski definition) is 0. The molecule has 0 N–H and O–H groups in total. The Hall–Kier alpha value is -1.81. The van der Waals surface area contributed by atoms with E-state index in [1.54, 1.807) is 24.3 Å². The van der Waals surface area contributed by atoms with Gasteiger partial charge in [0.1, 0.15) is 0 Å². The van der Waals surface area contributed by atoms with Gasteiger partial charge in [-0.05, 0) is 61.0 Å². The summed E-state index contributed by atoms with van der Waals surface area (Å²) in [6.45, 7) is 2.00. The molecule has 3 rings (SSSR count). The van der Waals surface area contributed by atoms with Crippen LogP contribution in [0.15, 0.2) is 72.8 Å². The Labute approximate surface area is 181 Å². The predicted molar refractivity (Wildman–Crippen MR) is 121 cm³/mol. The van der Waals surface area contributed by atoms with Crippen LogP contribution in [0.1, 0.15) is 16.9 Å². The van der Waals surface area contributed by atoms with Gasteiger partial charge < -0.3 is 13.9 Å². The Morgan fingerprint density at radius 1 is 0.759 bits per heavy atom. The van der Waals surface area contributed by atoms with Crippen LogP contribution in [0.3, 0.4) is 0 Å². The van der Waals surface area contributed by atoms with Crippen LogP contribution in [-0.2, 0) is 13.6 Å². The first kappa shape index (κ1) is 21.9. The Balaban J connectivity index is 2.26. The highest BCUT2D eigenvalue weighted by molar-refractivity contribution is 7.54. The van der Waals surface area contributed by atoms with E-state index in [4.69, 9.17) is 32.2 Å². The number of hydrogen-bond acceptors (Lipinski definition) is 4. The van der Waals surface area contributed by atoms with Crippen molar-refractivity contribution in [1.82, 2.24) is 0 Å². The van der Waals surface area contributed by atoms with E-state index in [-0.39, 0.29) is 0 Å². The van der Waals surface area contributed by atoms with Gasteiger partial charge in [-0.15, -0.1) is 0 Å². The molecule has 0 aliphatic rings. The second-order valence-electron chi connectivity index (χ2n) is 6.51. The number of aryl methyl sites for hydroxylation is 1. The molecule has 1 unspecified atom stereocenters. The van der Waals surface area contributed by atoms with Crippen LogP contribution in [0.4, 0.5) is 11.4 Å². The first-order chi connectivity index (χ1) is 13.9. The second kappa shape index (κ2) is 9.34. The molecule has 0 heterocycles. The van der Waals surface area contributed by atoms with Gasteiger partial charge in [-0.25, -0.2) is 0 Å². The van der Waals surface area contributed by atoms with Crippen LogP contribution in [0.2, 0.25) is 10.0 Å². The lowest BCUT2D eigenvalue weighted by Crippen LogP contribution is -2.25. The van der Waals surface area contributed by atoms with Gasteiger partial charge in [0.25, 0.3) is 0 Å². The molecule has 0 aliphatic heterocycles. The average molecular weight is 450 g/mol. The molecule has 152 valence electrons. The fraction of sp³-hybridized carbons (Fsp3) is 0.182. The Morgan fingerprint density at radius 3 is 1.55 bits per heavy atom. The van der Waals surface area contributed by atoms with Crippen molar-refractivity contribution in [3.63, 3.8) is 0 Å². The molecule has 0 aliphatic carbocycles. The van der Waals surface area contributed by atoms with Gasteiger partial charge in [-0.3, -0.25) is 4.57 Å². The molecular weight excluding hydrogens is 428 g/mol. The number of anilines is 2. The zero-order valence-corrected chi connectivity index (χ0v) is 18.8. The number of nitrogens with zero attached hydrogens (tertiary/aromatic N) is 1. The highest BCUT2D eigenvalue weighted by Crippen LogP contribution is 2.63. The second-order valence-corrected chi connectivity index (χ2v) is 9.68. The van der Waals surface area contributed by atoms with Gasteiger partial charge >= 0.3 is 7.60 Å². The van der Waals surface area contributed by atoms with Crippen LogP contribution in [0.5, 0.6) is 0 Å². The summed E-state index contributed by atoms with van der Waals surface area (Å²) in [5, 5.41) is 1.22. The molecule has 3 aromatic rings. The molecule has 0 fully saturated rings. The van der Waals surface area contributed by atoms with Crippen LogP contribution >= 0.6 is 30.8 Å². The summed E-state index contributed by atoms with van der Waals surface area (Å²) in [6.07, 6.45) is 0. The molecule has 0 amide bonds. The summed E-state index contributed by atoms with van der Waals surface area (Å²) in [7, 11) is -0.787. The molecular formula is C22H22Cl2NO3P. The molecule has 0 aromatic heterocycles. The largest absolute Gasteiger partial charge is 0.357 e. The Kier molecular flexibility index (Phi) is 7.05. The van der Waals surface area contributed by atoms with Crippen molar-refractivity contribution >= 4 is 42.2 Å². The zero-order valence-electron chi connectivity index (χ0n) is 16.4. The molecule has 1 atom stereocenters. The van der Waals surface area contributed by atoms with Crippen molar-refractivity contribution in [1.29, 1.82) is 0 Å². The van der Waals surface area contributed by atoms with Crippen molar-refractivity contribution in [3.05, 3.63) is 94.0 Å². The summed E-state index contributed by atoms with van der Waals surface area (Å²) >= 11 is 12.2. The summed E-state index contributed by atoms with van der Waals surface area (Å²) in [5.74, 6) is -0.722. The molecule has 4 nitrogen and oxygen atoms in total. The number of benzene rings is 3. The maximum absolute atomic E-state index is 13.7. The van der Waals surface area contributed by atoms with Crippen LogP contribution < -0.4 is 4.90 Å². The van der Waals surface area contributed by atoms with Gasteiger partial charge in [0.2, 0.25) is 0 Å². The lowest BCUT2D eigenvalue weighted by Gasteiger charge is -2.37. The number of rotatable bonds is 7. The van der Waals surface area contributed by atoms with Crippen LogP contribution in [0, 0.1) is 6.92 Å². The quantitative estimate of drug-likeness (QED) is 0.347. The van der Waals surface area contributed by atoms with Gasteiger partial charge in [0.15, 0.2) is 5.78 Å². The van der Waals surface area contributed by atoms with Crippen LogP contribution in [-0.4, -0.2) is 14.2 Å². The van der Waals surface area contributed by atoms with Gasteiger partial charge in [0, 0.05) is 35.6 Å². The molecule has 7 heteroatoms. The van der Waals surface area contributed by atoms with E-state index in [9.17, 15) is 4.57 Å². The lowest BCUT2D eigenvalue weighted by molar-refractivity contribution is 0.266. The van der Waals surface area contributed by atoms with E-state index in [0.717, 1.165) is 22.5 Å². The van der Waals surface area contributed by atoms with Gasteiger partial charge in [0.05, 0.1) is 0 Å². The van der Waals surface area contributed by atoms with Crippen molar-refractivity contribution in [2.45, 2.75) is 12.7 Å². The highest BCUT2D eigenvalue weighted by atomic mass is 35.5. The van der Waals surface area contributed by atoms with E-state index in [1.807, 2.05) is 60.4 Å². The summed E-state index contributed by atoms with van der Waals surface area (Å²) < 4.78 is 24.6. The normalized spacial score (nSPS) is 12.6. The standard InChI is InChI=1S/C22H22Cl2NO3P/c1-16-4-6-17(7-5-16)22(29(26,27-2)28-3)25(20-12-8-18(23)9-13-20)21-14-10-19(24)11-15-21/h4-15,22H,1-3H3. The lowest BCUT2D eigenvalue weighted by atomic mass is 10.1. The first-order valence-electron chi connectivity index (χ1n) is 8.96. The Bertz CT molecular complexity index is 939. The molecule has 29 heavy (non-hydrogen) atoms. The smallest absolute Gasteiger partial charge is 0.323 e. The van der Waals surface area contributed by atoms with Crippen molar-refractivity contribution in [2.24, 2.45) is 0 Å². The molecule has 0 bridgehead atoms. The maximum atomic E-state index is 13.7. The summed E-state index contributed by atoms with van der Waals surface area (Å²) in [4.78, 5) is 1.92. The maximum Gasteiger partial charge on any atom is 0.357 e. The average Bonchev–Trinajstić information content (AvgIpc) is 2.74. The first-order valence-corrected chi connectivity index (χ1v) is 11.3. The third kappa shape index (κ3) is 4.85. The topological polar surface area (TPSA) is 38.8 Å². The van der Waals surface area contributed by atoms with E-state index < -0.39 is 13.4 Å². The summed E-state index contributed by atoms with van der Waals surface area (Å²) in [5.41, 5.74) is 3.47. The minimum atomic E-state index is -3.58. The third-order valence-electron chi connectivity index (χ3n) is 4.64. The van der Waals surface area contributed by atoms with E-state index in [2.05, 4.69) is 0 Å². The van der Waals surface area contributed by atoms with Crippen molar-refractivity contribution < 1.29 is 13.6 Å². The SMILES string of the molecule is COP(=O)(OC)C(c1ccc(C)cc1)N(c1ccc(Cl)cc1)c1ccc(Cl)cc1. The van der Waals surface area contributed by atoms with E-state index in [0.29, 0.717) is 10.0 Å². The van der Waals surface area contributed by atoms with Gasteiger partial charge in [-0.1, -0.05) is 53.0 Å². The van der Waals surface area contributed by atoms with Gasteiger partial charge in [-0.2, -0.15) is 0 Å². The molecule has 3 aromatic carbocycles. The minimum Gasteiger partial charge on any atom is -0.323 e. The van der Waals surface area contributed by atoms with E-state index >= 15 is 0 Å². The molecule has 0 spiro atoms. The minimum absolute atomic E-state index is 0.610. The van der Waals surface area contributed by atoms with Crippen LogP contribution in [0.25, 0.3) is 0 Å². The molecule has 0 saturated heterocycles. The fourth-order valence-electron chi connectivity index (χ4n) is 3.12.